The van der Waals surface area contributed by atoms with Gasteiger partial charge >= 0.3 is 0 Å². The summed E-state index contributed by atoms with van der Waals surface area (Å²) in [5.41, 5.74) is 1.95. The van der Waals surface area contributed by atoms with Crippen LogP contribution < -0.4 is 15.0 Å². The van der Waals surface area contributed by atoms with E-state index in [1.165, 1.54) is 4.90 Å². The predicted molar refractivity (Wildman–Crippen MR) is 98.3 cm³/mol. The topological polar surface area (TPSA) is 41.6 Å². The third-order valence-corrected chi connectivity index (χ3v) is 4.22. The van der Waals surface area contributed by atoms with Crippen molar-refractivity contribution in [1.82, 2.24) is 5.32 Å². The Morgan fingerprint density at radius 1 is 1.17 bits per heavy atom. The molecule has 23 heavy (non-hydrogen) atoms. The molecule has 1 N–H and O–H groups in total. The van der Waals surface area contributed by atoms with Crippen molar-refractivity contribution in [3.63, 3.8) is 0 Å². The number of thiocarbonyl (C=S) groups is 1. The van der Waals surface area contributed by atoms with E-state index in [1.54, 1.807) is 13.2 Å². The van der Waals surface area contributed by atoms with E-state index >= 15 is 0 Å². The summed E-state index contributed by atoms with van der Waals surface area (Å²) in [7, 11) is 1.60. The normalized spacial score (nSPS) is 15.9. The molecule has 6 heteroatoms. The molecule has 0 aliphatic carbocycles. The smallest absolute Gasteiger partial charge is 0.281 e. The summed E-state index contributed by atoms with van der Waals surface area (Å²) in [5, 5.41) is 3.33. The van der Waals surface area contributed by atoms with Crippen molar-refractivity contribution in [3.05, 3.63) is 64.3 Å². The fraction of sp³-hybridized carbons (Fsp3) is 0.0588. The van der Waals surface area contributed by atoms with E-state index in [1.807, 2.05) is 48.5 Å². The Kier molecular flexibility index (Phi) is 4.45. The second kappa shape index (κ2) is 6.52. The Labute approximate surface area is 147 Å². The van der Waals surface area contributed by atoms with Crippen molar-refractivity contribution >= 4 is 50.9 Å². The summed E-state index contributed by atoms with van der Waals surface area (Å²) in [4.78, 5) is 14.1. The first-order valence-electron chi connectivity index (χ1n) is 6.86. The lowest BCUT2D eigenvalue weighted by atomic mass is 10.1. The monoisotopic (exact) mass is 388 g/mol. The number of anilines is 1. The van der Waals surface area contributed by atoms with Crippen molar-refractivity contribution in [1.29, 1.82) is 0 Å². The molecule has 1 fully saturated rings. The van der Waals surface area contributed by atoms with Gasteiger partial charge in [-0.25, -0.2) is 0 Å². The molecule has 0 unspecified atom stereocenters. The Morgan fingerprint density at radius 3 is 2.57 bits per heavy atom. The fourth-order valence-corrected chi connectivity index (χ4v) is 2.86. The molecule has 3 rings (SSSR count). The molecule has 116 valence electrons. The number of carbonyl (C=O) groups excluding carboxylic acids is 1. The molecule has 1 aliphatic rings. The molecule has 0 aromatic heterocycles. The maximum atomic E-state index is 12.7. The van der Waals surface area contributed by atoms with E-state index in [0.29, 0.717) is 16.6 Å². The van der Waals surface area contributed by atoms with Gasteiger partial charge in [-0.1, -0.05) is 34.1 Å². The molecule has 2 aromatic carbocycles. The summed E-state index contributed by atoms with van der Waals surface area (Å²) in [6.07, 6.45) is 1.74. The quantitative estimate of drug-likeness (QED) is 0.642. The zero-order valence-corrected chi connectivity index (χ0v) is 14.6. The van der Waals surface area contributed by atoms with Crippen LogP contribution in [0.5, 0.6) is 5.75 Å². The van der Waals surface area contributed by atoms with E-state index in [4.69, 9.17) is 17.0 Å². The molecular formula is C17H13BrN2O2S. The van der Waals surface area contributed by atoms with Crippen LogP contribution in [0.1, 0.15) is 5.56 Å². The average molecular weight is 389 g/mol. The molecule has 0 bridgehead atoms. The van der Waals surface area contributed by atoms with Gasteiger partial charge in [0.25, 0.3) is 5.91 Å². The fourth-order valence-electron chi connectivity index (χ4n) is 2.30. The number of hydrogen-bond acceptors (Lipinski definition) is 3. The molecule has 1 aliphatic heterocycles. The van der Waals surface area contributed by atoms with Gasteiger partial charge in [0.2, 0.25) is 0 Å². The van der Waals surface area contributed by atoms with Crippen LogP contribution in [0.2, 0.25) is 0 Å². The zero-order valence-electron chi connectivity index (χ0n) is 12.2. The number of amides is 1. The third kappa shape index (κ3) is 3.13. The second-order valence-electron chi connectivity index (χ2n) is 4.85. The van der Waals surface area contributed by atoms with E-state index in [2.05, 4.69) is 21.2 Å². The van der Waals surface area contributed by atoms with Crippen LogP contribution in [0.4, 0.5) is 5.69 Å². The summed E-state index contributed by atoms with van der Waals surface area (Å²) in [6.45, 7) is 0. The van der Waals surface area contributed by atoms with Crippen LogP contribution in [0, 0.1) is 0 Å². The number of carbonyl (C=O) groups is 1. The van der Waals surface area contributed by atoms with Crippen LogP contribution >= 0.6 is 28.1 Å². The van der Waals surface area contributed by atoms with Crippen LogP contribution in [0.15, 0.2) is 58.7 Å². The number of nitrogens with one attached hydrogen (secondary N) is 1. The minimum absolute atomic E-state index is 0.191. The van der Waals surface area contributed by atoms with E-state index in [0.717, 1.165) is 15.7 Å². The molecule has 0 saturated carbocycles. The molecule has 0 radical (unpaired) electrons. The number of para-hydroxylation sites is 1. The minimum atomic E-state index is -0.191. The van der Waals surface area contributed by atoms with Crippen molar-refractivity contribution in [2.24, 2.45) is 0 Å². The first-order chi connectivity index (χ1) is 11.1. The van der Waals surface area contributed by atoms with Gasteiger partial charge in [-0.15, -0.1) is 0 Å². The van der Waals surface area contributed by atoms with Crippen molar-refractivity contribution in [2.45, 2.75) is 0 Å². The van der Waals surface area contributed by atoms with Gasteiger partial charge < -0.3 is 10.1 Å². The Balaban J connectivity index is 1.95. The number of ether oxygens (including phenoxy) is 1. The van der Waals surface area contributed by atoms with E-state index < -0.39 is 0 Å². The first kappa shape index (κ1) is 15.7. The van der Waals surface area contributed by atoms with Gasteiger partial charge in [-0.05, 0) is 48.6 Å². The van der Waals surface area contributed by atoms with E-state index in [9.17, 15) is 4.79 Å². The average Bonchev–Trinajstić information content (AvgIpc) is 2.83. The highest BCUT2D eigenvalue weighted by Gasteiger charge is 2.32. The summed E-state index contributed by atoms with van der Waals surface area (Å²) >= 11 is 8.68. The second-order valence-corrected chi connectivity index (χ2v) is 6.15. The van der Waals surface area contributed by atoms with Gasteiger partial charge in [0.05, 0.1) is 12.8 Å². The number of nitrogens with zero attached hydrogens (tertiary/aromatic N) is 1. The lowest BCUT2D eigenvalue weighted by Gasteiger charge is -2.13. The largest absolute Gasteiger partial charge is 0.496 e. The predicted octanol–water partition coefficient (Wildman–Crippen LogP) is 3.72. The lowest BCUT2D eigenvalue weighted by Crippen LogP contribution is -2.30. The SMILES string of the molecule is COc1ccccc1C=C1NC(=S)N(c2ccc(Br)cc2)C1=O. The minimum Gasteiger partial charge on any atom is -0.496 e. The molecular weight excluding hydrogens is 376 g/mol. The number of rotatable bonds is 3. The van der Waals surface area contributed by atoms with Crippen molar-refractivity contribution in [2.75, 3.05) is 12.0 Å². The van der Waals surface area contributed by atoms with Crippen molar-refractivity contribution in [3.8, 4) is 5.75 Å². The first-order valence-corrected chi connectivity index (χ1v) is 8.06. The Bertz CT molecular complexity index is 802. The highest BCUT2D eigenvalue weighted by Crippen LogP contribution is 2.26. The number of halogens is 1. The molecule has 2 aromatic rings. The standard InChI is InChI=1S/C17H13BrN2O2S/c1-22-15-5-3-2-4-11(15)10-14-16(21)20(17(23)19-14)13-8-6-12(18)7-9-13/h2-10H,1H3,(H,19,23). The van der Waals surface area contributed by atoms with Gasteiger partial charge in [-0.3, -0.25) is 9.69 Å². The van der Waals surface area contributed by atoms with Gasteiger partial charge in [0, 0.05) is 10.0 Å². The van der Waals surface area contributed by atoms with Gasteiger partial charge in [0.15, 0.2) is 5.11 Å². The van der Waals surface area contributed by atoms with Crippen LogP contribution in [0.25, 0.3) is 6.08 Å². The lowest BCUT2D eigenvalue weighted by molar-refractivity contribution is -0.113. The molecule has 0 atom stereocenters. The van der Waals surface area contributed by atoms with Crippen LogP contribution in [0.3, 0.4) is 0 Å². The highest BCUT2D eigenvalue weighted by atomic mass is 79.9. The van der Waals surface area contributed by atoms with E-state index in [-0.39, 0.29) is 5.91 Å². The van der Waals surface area contributed by atoms with Gasteiger partial charge in [0.1, 0.15) is 11.4 Å². The third-order valence-electron chi connectivity index (χ3n) is 3.40. The Morgan fingerprint density at radius 2 is 1.87 bits per heavy atom. The summed E-state index contributed by atoms with van der Waals surface area (Å²) in [6, 6.07) is 14.9. The van der Waals surface area contributed by atoms with Gasteiger partial charge in [-0.2, -0.15) is 0 Å². The molecule has 1 amide bonds. The molecule has 1 heterocycles. The summed E-state index contributed by atoms with van der Waals surface area (Å²) < 4.78 is 6.25. The molecule has 4 nitrogen and oxygen atoms in total. The summed E-state index contributed by atoms with van der Waals surface area (Å²) in [5.74, 6) is 0.505. The molecule has 1 saturated heterocycles. The number of methoxy groups -OCH3 is 1. The molecule has 0 spiro atoms. The van der Waals surface area contributed by atoms with Crippen molar-refractivity contribution < 1.29 is 9.53 Å². The maximum Gasteiger partial charge on any atom is 0.281 e. The van der Waals surface area contributed by atoms with Crippen LogP contribution in [-0.4, -0.2) is 18.1 Å². The maximum absolute atomic E-state index is 12.7. The Hall–Kier alpha value is -2.18. The highest BCUT2D eigenvalue weighted by molar-refractivity contribution is 9.10. The van der Waals surface area contributed by atoms with Crippen LogP contribution in [-0.2, 0) is 4.79 Å². The zero-order chi connectivity index (χ0) is 16.4. The number of benzene rings is 2. The number of hydrogen-bond donors (Lipinski definition) is 1.